The summed E-state index contributed by atoms with van der Waals surface area (Å²) in [6.45, 7) is 4.78. The third-order valence-corrected chi connectivity index (χ3v) is 2.11. The fourth-order valence-corrected chi connectivity index (χ4v) is 1.45. The van der Waals surface area contributed by atoms with Crippen molar-refractivity contribution < 1.29 is 0 Å². The van der Waals surface area contributed by atoms with E-state index >= 15 is 0 Å². The van der Waals surface area contributed by atoms with Gasteiger partial charge < -0.3 is 10.3 Å². The van der Waals surface area contributed by atoms with Gasteiger partial charge in [-0.3, -0.25) is 0 Å². The second-order valence-electron chi connectivity index (χ2n) is 3.69. The van der Waals surface area contributed by atoms with E-state index in [1.165, 1.54) is 0 Å². The summed E-state index contributed by atoms with van der Waals surface area (Å²) >= 11 is 0. The zero-order valence-electron chi connectivity index (χ0n) is 8.83. The van der Waals surface area contributed by atoms with Crippen molar-refractivity contribution in [3.05, 3.63) is 24.7 Å². The molecule has 0 radical (unpaired) electrons. The van der Waals surface area contributed by atoms with Crippen LogP contribution in [-0.4, -0.2) is 24.3 Å². The summed E-state index contributed by atoms with van der Waals surface area (Å²) in [5, 5.41) is 4.16. The Kier molecular flexibility index (Phi) is 2.40. The maximum absolute atomic E-state index is 5.53. The van der Waals surface area contributed by atoms with Crippen LogP contribution >= 0.6 is 0 Å². The average Bonchev–Trinajstić information content (AvgIpc) is 2.75. The van der Waals surface area contributed by atoms with Gasteiger partial charge in [-0.2, -0.15) is 5.10 Å². The molecule has 2 heterocycles. The first-order valence-corrected chi connectivity index (χ1v) is 4.82. The minimum absolute atomic E-state index is 0.309. The minimum Gasteiger partial charge on any atom is -0.382 e. The molecule has 0 aliphatic carbocycles. The van der Waals surface area contributed by atoms with Crippen molar-refractivity contribution in [1.29, 1.82) is 0 Å². The molecule has 0 atom stereocenters. The highest BCUT2D eigenvalue weighted by atomic mass is 15.4. The van der Waals surface area contributed by atoms with Crippen LogP contribution in [0.2, 0.25) is 0 Å². The standard InChI is InChI=1S/C9H14N6/c1-7(2)15-9(11-5-13-15)4-14-3-8(10)12-6-14/h3,5-7H,4,10H2,1-2H3. The molecule has 0 saturated carbocycles. The molecular formula is C9H14N6. The van der Waals surface area contributed by atoms with E-state index in [1.807, 2.05) is 9.25 Å². The third kappa shape index (κ3) is 1.98. The highest BCUT2D eigenvalue weighted by molar-refractivity contribution is 5.22. The highest BCUT2D eigenvalue weighted by Gasteiger charge is 2.07. The predicted molar refractivity (Wildman–Crippen MR) is 56.1 cm³/mol. The smallest absolute Gasteiger partial charge is 0.147 e. The largest absolute Gasteiger partial charge is 0.382 e. The van der Waals surface area contributed by atoms with Gasteiger partial charge in [-0.05, 0) is 13.8 Å². The van der Waals surface area contributed by atoms with Gasteiger partial charge in [-0.1, -0.05) is 0 Å². The predicted octanol–water partition coefficient (Wildman–Crippen LogP) is 0.686. The van der Waals surface area contributed by atoms with E-state index in [2.05, 4.69) is 28.9 Å². The normalized spacial score (nSPS) is 11.1. The molecular weight excluding hydrogens is 192 g/mol. The molecule has 0 aromatic carbocycles. The molecule has 15 heavy (non-hydrogen) atoms. The van der Waals surface area contributed by atoms with Crippen molar-refractivity contribution >= 4 is 5.82 Å². The van der Waals surface area contributed by atoms with E-state index in [0.717, 1.165) is 5.82 Å². The monoisotopic (exact) mass is 206 g/mol. The number of nitrogens with two attached hydrogens (primary N) is 1. The van der Waals surface area contributed by atoms with Crippen LogP contribution in [0.3, 0.4) is 0 Å². The second-order valence-corrected chi connectivity index (χ2v) is 3.69. The first-order valence-electron chi connectivity index (χ1n) is 4.82. The third-order valence-electron chi connectivity index (χ3n) is 2.11. The van der Waals surface area contributed by atoms with Crippen LogP contribution in [0.4, 0.5) is 5.82 Å². The van der Waals surface area contributed by atoms with Gasteiger partial charge in [0, 0.05) is 12.2 Å². The molecule has 0 spiro atoms. The summed E-state index contributed by atoms with van der Waals surface area (Å²) < 4.78 is 3.77. The summed E-state index contributed by atoms with van der Waals surface area (Å²) in [7, 11) is 0. The first-order chi connectivity index (χ1) is 7.16. The maximum Gasteiger partial charge on any atom is 0.147 e. The number of nitrogen functional groups attached to an aromatic ring is 1. The quantitative estimate of drug-likeness (QED) is 0.801. The van der Waals surface area contributed by atoms with Gasteiger partial charge in [-0.15, -0.1) is 0 Å². The Labute approximate surface area is 87.8 Å². The lowest BCUT2D eigenvalue weighted by Gasteiger charge is -2.09. The van der Waals surface area contributed by atoms with E-state index < -0.39 is 0 Å². The molecule has 6 nitrogen and oxygen atoms in total. The van der Waals surface area contributed by atoms with E-state index in [-0.39, 0.29) is 0 Å². The number of nitrogens with zero attached hydrogens (tertiary/aromatic N) is 5. The number of rotatable bonds is 3. The Balaban J connectivity index is 2.20. The Morgan fingerprint density at radius 3 is 2.80 bits per heavy atom. The molecule has 0 bridgehead atoms. The summed E-state index contributed by atoms with van der Waals surface area (Å²) in [5.41, 5.74) is 5.53. The van der Waals surface area contributed by atoms with Gasteiger partial charge in [0.1, 0.15) is 18.0 Å². The number of aromatic nitrogens is 5. The molecule has 2 rings (SSSR count). The van der Waals surface area contributed by atoms with Crippen molar-refractivity contribution in [2.24, 2.45) is 0 Å². The molecule has 2 aromatic rings. The number of imidazole rings is 1. The van der Waals surface area contributed by atoms with Gasteiger partial charge in [0.25, 0.3) is 0 Å². The highest BCUT2D eigenvalue weighted by Crippen LogP contribution is 2.07. The lowest BCUT2D eigenvalue weighted by atomic mass is 10.4. The van der Waals surface area contributed by atoms with Crippen LogP contribution in [-0.2, 0) is 6.54 Å². The topological polar surface area (TPSA) is 74.5 Å². The molecule has 6 heteroatoms. The summed E-state index contributed by atoms with van der Waals surface area (Å²) in [6, 6.07) is 0.309. The summed E-state index contributed by atoms with van der Waals surface area (Å²) in [4.78, 5) is 8.16. The second kappa shape index (κ2) is 3.72. The molecule has 0 unspecified atom stereocenters. The van der Waals surface area contributed by atoms with Crippen LogP contribution in [0.1, 0.15) is 25.7 Å². The number of hydrogen-bond donors (Lipinski definition) is 1. The van der Waals surface area contributed by atoms with Gasteiger partial charge >= 0.3 is 0 Å². The van der Waals surface area contributed by atoms with Gasteiger partial charge in [0.05, 0.1) is 12.9 Å². The van der Waals surface area contributed by atoms with Crippen LogP contribution in [0.15, 0.2) is 18.9 Å². The van der Waals surface area contributed by atoms with Crippen LogP contribution < -0.4 is 5.73 Å². The Morgan fingerprint density at radius 1 is 1.40 bits per heavy atom. The van der Waals surface area contributed by atoms with Crippen LogP contribution in [0.5, 0.6) is 0 Å². The van der Waals surface area contributed by atoms with Crippen molar-refractivity contribution in [1.82, 2.24) is 24.3 Å². The van der Waals surface area contributed by atoms with Gasteiger partial charge in [0.15, 0.2) is 0 Å². The lowest BCUT2D eigenvalue weighted by Crippen LogP contribution is -2.11. The van der Waals surface area contributed by atoms with Gasteiger partial charge in [0.2, 0.25) is 0 Å². The van der Waals surface area contributed by atoms with Crippen LogP contribution in [0.25, 0.3) is 0 Å². The van der Waals surface area contributed by atoms with Crippen LogP contribution in [0, 0.1) is 0 Å². The van der Waals surface area contributed by atoms with Crippen molar-refractivity contribution in [2.45, 2.75) is 26.4 Å². The van der Waals surface area contributed by atoms with Crippen molar-refractivity contribution in [2.75, 3.05) is 5.73 Å². The molecule has 2 aromatic heterocycles. The fraction of sp³-hybridized carbons (Fsp3) is 0.444. The Bertz CT molecular complexity index is 441. The first kappa shape index (κ1) is 9.70. The molecule has 0 saturated heterocycles. The lowest BCUT2D eigenvalue weighted by molar-refractivity contribution is 0.496. The maximum atomic E-state index is 5.53. The zero-order chi connectivity index (χ0) is 10.8. The molecule has 2 N–H and O–H groups in total. The minimum atomic E-state index is 0.309. The van der Waals surface area contributed by atoms with Gasteiger partial charge in [-0.25, -0.2) is 14.6 Å². The SMILES string of the molecule is CC(C)n1ncnc1Cn1cnc(N)c1. The van der Waals surface area contributed by atoms with E-state index in [1.54, 1.807) is 18.9 Å². The molecule has 80 valence electrons. The average molecular weight is 206 g/mol. The molecule has 0 fully saturated rings. The Morgan fingerprint density at radius 2 is 2.20 bits per heavy atom. The molecule has 0 aliphatic heterocycles. The van der Waals surface area contributed by atoms with E-state index in [0.29, 0.717) is 18.4 Å². The van der Waals surface area contributed by atoms with Crippen molar-refractivity contribution in [3.63, 3.8) is 0 Å². The number of hydrogen-bond acceptors (Lipinski definition) is 4. The van der Waals surface area contributed by atoms with Crippen molar-refractivity contribution in [3.8, 4) is 0 Å². The fourth-order valence-electron chi connectivity index (χ4n) is 1.45. The molecule has 0 aliphatic rings. The Hall–Kier alpha value is -1.85. The van der Waals surface area contributed by atoms with E-state index in [4.69, 9.17) is 5.73 Å². The summed E-state index contributed by atoms with van der Waals surface area (Å²) in [6.07, 6.45) is 5.03. The summed E-state index contributed by atoms with van der Waals surface area (Å²) in [5.74, 6) is 1.42. The van der Waals surface area contributed by atoms with E-state index in [9.17, 15) is 0 Å². The molecule has 0 amide bonds. The number of anilines is 1. The zero-order valence-corrected chi connectivity index (χ0v) is 8.83.